The number of anilines is 1. The van der Waals surface area contributed by atoms with E-state index >= 15 is 0 Å². The van der Waals surface area contributed by atoms with Crippen LogP contribution in [0.1, 0.15) is 31.1 Å². The van der Waals surface area contributed by atoms with Crippen LogP contribution in [0.3, 0.4) is 0 Å². The van der Waals surface area contributed by atoms with E-state index in [4.69, 9.17) is 4.74 Å². The van der Waals surface area contributed by atoms with Gasteiger partial charge in [0.15, 0.2) is 24.0 Å². The summed E-state index contributed by atoms with van der Waals surface area (Å²) in [6.45, 7) is -0.562. The molecule has 1 amide bonds. The minimum atomic E-state index is -1.18. The highest BCUT2D eigenvalue weighted by atomic mass is 19.2. The zero-order valence-electron chi connectivity index (χ0n) is 15.0. The van der Waals surface area contributed by atoms with Crippen LogP contribution < -0.4 is 5.32 Å². The molecule has 0 unspecified atom stereocenters. The smallest absolute Gasteiger partial charge is 0.338 e. The van der Waals surface area contributed by atoms with Crippen LogP contribution in [0.5, 0.6) is 0 Å². The second-order valence-corrected chi connectivity index (χ2v) is 6.03. The first-order valence-electron chi connectivity index (χ1n) is 8.56. The highest BCUT2D eigenvalue weighted by Gasteiger charge is 2.14. The SMILES string of the molecule is O=C(COC(=O)c1ccc(F)c(F)c1)c1ccc(NC(=O)c2ccccc2)cc1. The molecule has 7 heteroatoms. The summed E-state index contributed by atoms with van der Waals surface area (Å²) < 4.78 is 30.9. The van der Waals surface area contributed by atoms with Crippen LogP contribution in [0.4, 0.5) is 14.5 Å². The van der Waals surface area contributed by atoms with Gasteiger partial charge >= 0.3 is 5.97 Å². The number of Topliss-reactive ketones (excluding diaryl/α,β-unsaturated/α-hetero) is 1. The van der Waals surface area contributed by atoms with Crippen molar-refractivity contribution in [2.45, 2.75) is 0 Å². The van der Waals surface area contributed by atoms with Gasteiger partial charge in [-0.15, -0.1) is 0 Å². The second-order valence-electron chi connectivity index (χ2n) is 6.03. The third-order valence-electron chi connectivity index (χ3n) is 3.99. The van der Waals surface area contributed by atoms with Gasteiger partial charge in [-0.05, 0) is 54.6 Å². The molecule has 0 heterocycles. The Morgan fingerprint density at radius 3 is 2.07 bits per heavy atom. The maximum Gasteiger partial charge on any atom is 0.338 e. The Bertz CT molecular complexity index is 1050. The first kappa shape index (κ1) is 19.9. The van der Waals surface area contributed by atoms with Gasteiger partial charge in [-0.3, -0.25) is 9.59 Å². The molecule has 1 N–H and O–H groups in total. The van der Waals surface area contributed by atoms with E-state index in [2.05, 4.69) is 5.32 Å². The van der Waals surface area contributed by atoms with E-state index in [0.29, 0.717) is 17.3 Å². The van der Waals surface area contributed by atoms with Gasteiger partial charge in [-0.1, -0.05) is 18.2 Å². The fourth-order valence-electron chi connectivity index (χ4n) is 2.45. The molecule has 29 heavy (non-hydrogen) atoms. The van der Waals surface area contributed by atoms with Gasteiger partial charge in [-0.25, -0.2) is 13.6 Å². The number of esters is 1. The van der Waals surface area contributed by atoms with E-state index < -0.39 is 30.0 Å². The van der Waals surface area contributed by atoms with Gasteiger partial charge in [0.25, 0.3) is 5.91 Å². The summed E-state index contributed by atoms with van der Waals surface area (Å²) in [5.41, 5.74) is 1.06. The number of ketones is 1. The number of hydrogen-bond donors (Lipinski definition) is 1. The van der Waals surface area contributed by atoms with Crippen molar-refractivity contribution in [2.24, 2.45) is 0 Å². The number of carbonyl (C=O) groups is 3. The number of hydrogen-bond acceptors (Lipinski definition) is 4. The first-order chi connectivity index (χ1) is 13.9. The Labute approximate surface area is 164 Å². The van der Waals surface area contributed by atoms with E-state index in [-0.39, 0.29) is 17.0 Å². The Hall–Kier alpha value is -3.87. The molecule has 0 aliphatic rings. The lowest BCUT2D eigenvalue weighted by atomic mass is 10.1. The van der Waals surface area contributed by atoms with Crippen LogP contribution in [0.2, 0.25) is 0 Å². The highest BCUT2D eigenvalue weighted by Crippen LogP contribution is 2.13. The maximum absolute atomic E-state index is 13.2. The second kappa shape index (κ2) is 8.88. The van der Waals surface area contributed by atoms with E-state index in [1.165, 1.54) is 12.1 Å². The summed E-state index contributed by atoms with van der Waals surface area (Å²) >= 11 is 0. The zero-order valence-corrected chi connectivity index (χ0v) is 15.0. The van der Waals surface area contributed by atoms with Crippen molar-refractivity contribution in [2.75, 3.05) is 11.9 Å². The molecule has 0 radical (unpaired) electrons. The quantitative estimate of drug-likeness (QED) is 0.500. The summed E-state index contributed by atoms with van der Waals surface area (Å²) in [5.74, 6) is -3.98. The van der Waals surface area contributed by atoms with Crippen LogP contribution >= 0.6 is 0 Å². The number of amides is 1. The Kier molecular flexibility index (Phi) is 6.09. The van der Waals surface area contributed by atoms with Crippen molar-refractivity contribution >= 4 is 23.3 Å². The zero-order chi connectivity index (χ0) is 20.8. The molecule has 0 saturated heterocycles. The average molecular weight is 395 g/mol. The maximum atomic E-state index is 13.2. The Morgan fingerprint density at radius 2 is 1.41 bits per heavy atom. The average Bonchev–Trinajstić information content (AvgIpc) is 2.74. The van der Waals surface area contributed by atoms with Gasteiger partial charge < -0.3 is 10.1 Å². The molecule has 0 saturated carbocycles. The standard InChI is InChI=1S/C22H15F2NO4/c23-18-11-8-16(12-19(18)24)22(28)29-13-20(26)14-6-9-17(10-7-14)25-21(27)15-4-2-1-3-5-15/h1-12H,13H2,(H,25,27). The molecular formula is C22H15F2NO4. The number of rotatable bonds is 6. The van der Waals surface area contributed by atoms with Crippen molar-refractivity contribution in [3.63, 3.8) is 0 Å². The predicted octanol–water partition coefficient (Wildman–Crippen LogP) is 4.26. The fraction of sp³-hybridized carbons (Fsp3) is 0.0455. The fourth-order valence-corrected chi connectivity index (χ4v) is 2.45. The monoisotopic (exact) mass is 395 g/mol. The third kappa shape index (κ3) is 5.10. The van der Waals surface area contributed by atoms with Gasteiger partial charge in [0.1, 0.15) is 0 Å². The van der Waals surface area contributed by atoms with Crippen molar-refractivity contribution in [3.8, 4) is 0 Å². The molecule has 0 spiro atoms. The number of halogens is 2. The number of nitrogens with one attached hydrogen (secondary N) is 1. The third-order valence-corrected chi connectivity index (χ3v) is 3.99. The molecule has 0 atom stereocenters. The lowest BCUT2D eigenvalue weighted by Crippen LogP contribution is -2.15. The van der Waals surface area contributed by atoms with E-state index in [1.54, 1.807) is 42.5 Å². The van der Waals surface area contributed by atoms with Gasteiger partial charge in [0.2, 0.25) is 0 Å². The minimum Gasteiger partial charge on any atom is -0.454 e. The van der Waals surface area contributed by atoms with Crippen LogP contribution in [0.15, 0.2) is 72.8 Å². The van der Waals surface area contributed by atoms with E-state index in [9.17, 15) is 23.2 Å². The van der Waals surface area contributed by atoms with Gasteiger partial charge in [-0.2, -0.15) is 0 Å². The topological polar surface area (TPSA) is 72.5 Å². The molecule has 0 fully saturated rings. The molecule has 3 aromatic rings. The van der Waals surface area contributed by atoms with E-state index in [1.807, 2.05) is 0 Å². The largest absolute Gasteiger partial charge is 0.454 e. The summed E-state index contributed by atoms with van der Waals surface area (Å²) in [6.07, 6.45) is 0. The minimum absolute atomic E-state index is 0.198. The molecule has 0 aromatic heterocycles. The van der Waals surface area contributed by atoms with Crippen LogP contribution in [-0.4, -0.2) is 24.3 Å². The van der Waals surface area contributed by atoms with Crippen LogP contribution in [0.25, 0.3) is 0 Å². The van der Waals surface area contributed by atoms with Crippen molar-refractivity contribution in [3.05, 3.63) is 101 Å². The number of benzene rings is 3. The number of ether oxygens (including phenoxy) is 1. The van der Waals surface area contributed by atoms with E-state index in [0.717, 1.165) is 12.1 Å². The Morgan fingerprint density at radius 1 is 0.759 bits per heavy atom. The molecule has 0 aliphatic heterocycles. The first-order valence-corrected chi connectivity index (χ1v) is 8.56. The van der Waals surface area contributed by atoms with Crippen LogP contribution in [0, 0.1) is 11.6 Å². The van der Waals surface area contributed by atoms with Crippen molar-refractivity contribution in [1.82, 2.24) is 0 Å². The van der Waals surface area contributed by atoms with Crippen molar-refractivity contribution < 1.29 is 27.9 Å². The normalized spacial score (nSPS) is 10.3. The summed E-state index contributed by atoms with van der Waals surface area (Å²) in [6, 6.07) is 17.3. The van der Waals surface area contributed by atoms with Crippen molar-refractivity contribution in [1.29, 1.82) is 0 Å². The van der Waals surface area contributed by atoms with Gasteiger partial charge in [0, 0.05) is 16.8 Å². The number of carbonyl (C=O) groups excluding carboxylic acids is 3. The lowest BCUT2D eigenvalue weighted by molar-refractivity contribution is 0.0474. The molecule has 0 bridgehead atoms. The highest BCUT2D eigenvalue weighted by molar-refractivity contribution is 6.04. The molecule has 5 nitrogen and oxygen atoms in total. The molecule has 146 valence electrons. The summed E-state index contributed by atoms with van der Waals surface area (Å²) in [7, 11) is 0. The molecule has 0 aliphatic carbocycles. The Balaban J connectivity index is 1.56. The molecule has 3 rings (SSSR count). The predicted molar refractivity (Wildman–Crippen MR) is 102 cm³/mol. The lowest BCUT2D eigenvalue weighted by Gasteiger charge is -2.07. The van der Waals surface area contributed by atoms with Crippen LogP contribution in [-0.2, 0) is 4.74 Å². The molecule has 3 aromatic carbocycles. The summed E-state index contributed by atoms with van der Waals surface area (Å²) in [5, 5.41) is 2.70. The summed E-state index contributed by atoms with van der Waals surface area (Å²) in [4.78, 5) is 36.1. The molecular weight excluding hydrogens is 380 g/mol. The van der Waals surface area contributed by atoms with Gasteiger partial charge in [0.05, 0.1) is 5.56 Å².